The first-order valence-corrected chi connectivity index (χ1v) is 8.72. The fourth-order valence-corrected chi connectivity index (χ4v) is 2.76. The Morgan fingerprint density at radius 2 is 1.69 bits per heavy atom. The first-order valence-electron chi connectivity index (χ1n) is 8.72. The van der Waals surface area contributed by atoms with Crippen molar-refractivity contribution in [1.29, 1.82) is 0 Å². The van der Waals surface area contributed by atoms with Gasteiger partial charge in [0.15, 0.2) is 0 Å². The van der Waals surface area contributed by atoms with Gasteiger partial charge in [0.05, 0.1) is 17.4 Å². The minimum Gasteiger partial charge on any atom is -0.489 e. The van der Waals surface area contributed by atoms with Gasteiger partial charge in [0.1, 0.15) is 12.4 Å². The predicted molar refractivity (Wildman–Crippen MR) is 105 cm³/mol. The number of rotatable bonds is 5. The van der Waals surface area contributed by atoms with Crippen molar-refractivity contribution in [3.8, 4) is 5.75 Å². The van der Waals surface area contributed by atoms with Gasteiger partial charge in [0.2, 0.25) is 0 Å². The minimum absolute atomic E-state index is 0.405. The second kappa shape index (κ2) is 7.13. The van der Waals surface area contributed by atoms with E-state index in [-0.39, 0.29) is 0 Å². The highest BCUT2D eigenvalue weighted by molar-refractivity contribution is 6.63. The van der Waals surface area contributed by atoms with Crippen LogP contribution in [0.5, 0.6) is 5.75 Å². The standard InChI is InChI=1S/C20H25BN2O3/c1-19(2)20(3,4)26-21(25-19)18-11-10-17(12-16(18)13-23-22)24-14-15-8-6-5-7-9-15/h5-13H,14,22H2,1-4H3. The summed E-state index contributed by atoms with van der Waals surface area (Å²) in [7, 11) is -0.476. The second-order valence-electron chi connectivity index (χ2n) is 7.43. The van der Waals surface area contributed by atoms with Crippen molar-refractivity contribution in [3.63, 3.8) is 0 Å². The lowest BCUT2D eigenvalue weighted by Crippen LogP contribution is -2.41. The highest BCUT2D eigenvalue weighted by Gasteiger charge is 2.52. The molecule has 2 aromatic carbocycles. The van der Waals surface area contributed by atoms with E-state index in [2.05, 4.69) is 5.10 Å². The summed E-state index contributed by atoms with van der Waals surface area (Å²) in [4.78, 5) is 0. The van der Waals surface area contributed by atoms with E-state index in [0.717, 1.165) is 22.3 Å². The smallest absolute Gasteiger partial charge is 0.489 e. The Morgan fingerprint density at radius 1 is 1.04 bits per heavy atom. The first kappa shape index (κ1) is 18.5. The molecule has 1 saturated heterocycles. The van der Waals surface area contributed by atoms with Gasteiger partial charge in [-0.25, -0.2) is 0 Å². The van der Waals surface area contributed by atoms with Gasteiger partial charge in [-0.15, -0.1) is 0 Å². The Bertz CT molecular complexity index is 775. The second-order valence-corrected chi connectivity index (χ2v) is 7.43. The largest absolute Gasteiger partial charge is 0.495 e. The number of nitrogens with zero attached hydrogens (tertiary/aromatic N) is 1. The average molecular weight is 352 g/mol. The predicted octanol–water partition coefficient (Wildman–Crippen LogP) is 2.86. The van der Waals surface area contributed by atoms with Crippen LogP contribution in [0, 0.1) is 0 Å². The normalized spacial score (nSPS) is 18.4. The number of benzene rings is 2. The van der Waals surface area contributed by atoms with Crippen LogP contribution in [-0.2, 0) is 15.9 Å². The minimum atomic E-state index is -0.476. The molecule has 5 nitrogen and oxygen atoms in total. The molecular weight excluding hydrogens is 327 g/mol. The maximum atomic E-state index is 6.14. The molecule has 0 atom stereocenters. The lowest BCUT2D eigenvalue weighted by molar-refractivity contribution is 0.00578. The Balaban J connectivity index is 1.81. The van der Waals surface area contributed by atoms with E-state index in [0.29, 0.717) is 6.61 Å². The lowest BCUT2D eigenvalue weighted by Gasteiger charge is -2.32. The Hall–Kier alpha value is -2.31. The molecule has 3 rings (SSSR count). The van der Waals surface area contributed by atoms with E-state index in [1.807, 2.05) is 76.2 Å². The summed E-state index contributed by atoms with van der Waals surface area (Å²) >= 11 is 0. The monoisotopic (exact) mass is 352 g/mol. The van der Waals surface area contributed by atoms with E-state index in [1.165, 1.54) is 0 Å². The first-order chi connectivity index (χ1) is 12.3. The number of hydrazone groups is 1. The molecule has 0 radical (unpaired) electrons. The topological polar surface area (TPSA) is 66.1 Å². The third kappa shape index (κ3) is 3.76. The molecule has 1 aliphatic rings. The quantitative estimate of drug-likeness (QED) is 0.389. The van der Waals surface area contributed by atoms with Crippen LogP contribution in [0.4, 0.5) is 0 Å². The van der Waals surface area contributed by atoms with Crippen molar-refractivity contribution < 1.29 is 14.0 Å². The summed E-state index contributed by atoms with van der Waals surface area (Å²) < 4.78 is 18.2. The zero-order valence-corrected chi connectivity index (χ0v) is 15.7. The Kier molecular flexibility index (Phi) is 5.07. The van der Waals surface area contributed by atoms with Gasteiger partial charge < -0.3 is 19.9 Å². The van der Waals surface area contributed by atoms with E-state index in [9.17, 15) is 0 Å². The highest BCUT2D eigenvalue weighted by atomic mass is 16.7. The van der Waals surface area contributed by atoms with E-state index >= 15 is 0 Å². The summed E-state index contributed by atoms with van der Waals surface area (Å²) in [5.74, 6) is 6.14. The summed E-state index contributed by atoms with van der Waals surface area (Å²) in [5.41, 5.74) is 1.99. The van der Waals surface area contributed by atoms with Crippen LogP contribution in [0.2, 0.25) is 0 Å². The van der Waals surface area contributed by atoms with Gasteiger partial charge >= 0.3 is 7.12 Å². The third-order valence-electron chi connectivity index (χ3n) is 5.03. The van der Waals surface area contributed by atoms with Gasteiger partial charge in [-0.2, -0.15) is 5.10 Å². The molecule has 0 aromatic heterocycles. The molecule has 6 heteroatoms. The number of hydrogen-bond donors (Lipinski definition) is 1. The molecule has 0 spiro atoms. The fourth-order valence-electron chi connectivity index (χ4n) is 2.76. The van der Waals surface area contributed by atoms with Crippen molar-refractivity contribution in [2.24, 2.45) is 10.9 Å². The van der Waals surface area contributed by atoms with Gasteiger partial charge in [0.25, 0.3) is 0 Å². The zero-order chi connectivity index (χ0) is 18.8. The molecule has 1 heterocycles. The highest BCUT2D eigenvalue weighted by Crippen LogP contribution is 2.36. The van der Waals surface area contributed by atoms with Gasteiger partial charge in [-0.1, -0.05) is 36.4 Å². The summed E-state index contributed by atoms with van der Waals surface area (Å²) in [5, 5.41) is 3.68. The van der Waals surface area contributed by atoms with Gasteiger partial charge in [0, 0.05) is 0 Å². The van der Waals surface area contributed by atoms with E-state index in [4.69, 9.17) is 19.9 Å². The molecule has 136 valence electrons. The van der Waals surface area contributed by atoms with Crippen molar-refractivity contribution in [2.75, 3.05) is 0 Å². The van der Waals surface area contributed by atoms with Crippen LogP contribution in [0.3, 0.4) is 0 Å². The summed E-state index contributed by atoms with van der Waals surface area (Å²) in [6.07, 6.45) is 1.59. The number of ether oxygens (including phenoxy) is 1. The number of nitrogens with two attached hydrogens (primary N) is 1. The van der Waals surface area contributed by atoms with Crippen LogP contribution in [0.1, 0.15) is 38.8 Å². The Labute approximate surface area is 155 Å². The van der Waals surface area contributed by atoms with Crippen molar-refractivity contribution in [3.05, 3.63) is 59.7 Å². The van der Waals surface area contributed by atoms with Crippen LogP contribution in [-0.4, -0.2) is 24.5 Å². The molecule has 0 bridgehead atoms. The molecule has 0 aliphatic carbocycles. The van der Waals surface area contributed by atoms with Crippen molar-refractivity contribution >= 4 is 18.8 Å². The maximum absolute atomic E-state index is 6.14. The molecule has 0 saturated carbocycles. The maximum Gasteiger partial charge on any atom is 0.495 e. The van der Waals surface area contributed by atoms with Crippen molar-refractivity contribution in [2.45, 2.75) is 45.5 Å². The molecule has 0 unspecified atom stereocenters. The van der Waals surface area contributed by atoms with E-state index < -0.39 is 18.3 Å². The zero-order valence-electron chi connectivity index (χ0n) is 15.7. The SMILES string of the molecule is CC1(C)OB(c2ccc(OCc3ccccc3)cc2C=NN)OC1(C)C. The average Bonchev–Trinajstić information content (AvgIpc) is 2.82. The third-order valence-corrected chi connectivity index (χ3v) is 5.03. The van der Waals surface area contributed by atoms with Crippen LogP contribution in [0.25, 0.3) is 0 Å². The molecule has 1 aliphatic heterocycles. The van der Waals surface area contributed by atoms with Gasteiger partial charge in [-0.05, 0) is 56.4 Å². The van der Waals surface area contributed by atoms with Crippen LogP contribution >= 0.6 is 0 Å². The molecule has 2 aromatic rings. The summed E-state index contributed by atoms with van der Waals surface area (Å²) in [6.45, 7) is 8.61. The van der Waals surface area contributed by atoms with E-state index in [1.54, 1.807) is 6.21 Å². The molecule has 1 fully saturated rings. The molecule has 2 N–H and O–H groups in total. The Morgan fingerprint density at radius 3 is 2.31 bits per heavy atom. The van der Waals surface area contributed by atoms with Gasteiger partial charge in [-0.3, -0.25) is 0 Å². The number of hydrogen-bond acceptors (Lipinski definition) is 5. The van der Waals surface area contributed by atoms with Crippen LogP contribution in [0.15, 0.2) is 53.6 Å². The molecule has 0 amide bonds. The molecular formula is C20H25BN2O3. The lowest BCUT2D eigenvalue weighted by atomic mass is 9.76. The summed E-state index contributed by atoms with van der Waals surface area (Å²) in [6, 6.07) is 15.8. The van der Waals surface area contributed by atoms with Crippen molar-refractivity contribution in [1.82, 2.24) is 0 Å². The molecule has 26 heavy (non-hydrogen) atoms. The fraction of sp³-hybridized carbons (Fsp3) is 0.350. The van der Waals surface area contributed by atoms with Crippen LogP contribution < -0.4 is 16.0 Å².